The van der Waals surface area contributed by atoms with E-state index in [9.17, 15) is 0 Å². The van der Waals surface area contributed by atoms with E-state index in [4.69, 9.17) is 4.74 Å². The van der Waals surface area contributed by atoms with Crippen LogP contribution in [-0.4, -0.2) is 7.11 Å². The maximum Gasteiger partial charge on any atom is 0.119 e. The summed E-state index contributed by atoms with van der Waals surface area (Å²) in [7, 11) is 1.69. The van der Waals surface area contributed by atoms with E-state index in [-0.39, 0.29) is 0 Å². The van der Waals surface area contributed by atoms with Gasteiger partial charge in [-0.15, -0.1) is 11.8 Å². The van der Waals surface area contributed by atoms with Crippen molar-refractivity contribution in [2.45, 2.75) is 10.6 Å². The van der Waals surface area contributed by atoms with E-state index < -0.39 is 0 Å². The van der Waals surface area contributed by atoms with Gasteiger partial charge in [0.05, 0.1) is 7.11 Å². The van der Waals surface area contributed by atoms with Crippen LogP contribution in [0.5, 0.6) is 5.75 Å². The molecule has 0 radical (unpaired) electrons. The second-order valence-corrected chi connectivity index (χ2v) is 6.52. The van der Waals surface area contributed by atoms with Gasteiger partial charge in [-0.25, -0.2) is 0 Å². The number of hydrogen-bond acceptors (Lipinski definition) is 2. The lowest BCUT2D eigenvalue weighted by Gasteiger charge is -2.07. The summed E-state index contributed by atoms with van der Waals surface area (Å²) in [6.45, 7) is 0. The summed E-state index contributed by atoms with van der Waals surface area (Å²) >= 11 is 8.82. The van der Waals surface area contributed by atoms with Crippen LogP contribution in [0.1, 0.15) is 5.56 Å². The highest BCUT2D eigenvalue weighted by Gasteiger charge is 2.03. The first kappa shape index (κ1) is 14.0. The van der Waals surface area contributed by atoms with Gasteiger partial charge in [0, 0.05) is 19.6 Å². The molecule has 0 bridgehead atoms. The minimum atomic E-state index is 0.893. The number of thioether (sulfide) groups is 1. The Hall–Kier alpha value is -0.450. The average molecular weight is 388 g/mol. The number of ether oxygens (including phenoxy) is 1. The molecule has 0 atom stereocenters. The van der Waals surface area contributed by atoms with E-state index in [1.807, 2.05) is 23.9 Å². The molecule has 4 heteroatoms. The third-order valence-corrected chi connectivity index (χ3v) is 4.82. The predicted octanol–water partition coefficient (Wildman–Crippen LogP) is 5.51. The second kappa shape index (κ2) is 6.64. The average Bonchev–Trinajstić information content (AvgIpc) is 2.40. The number of methoxy groups -OCH3 is 1. The van der Waals surface area contributed by atoms with Crippen LogP contribution in [0.3, 0.4) is 0 Å². The number of rotatable bonds is 4. The number of halogens is 2. The Morgan fingerprint density at radius 1 is 1.06 bits per heavy atom. The van der Waals surface area contributed by atoms with Crippen molar-refractivity contribution in [3.8, 4) is 5.75 Å². The first-order valence-corrected chi connectivity index (χ1v) is 7.97. The van der Waals surface area contributed by atoms with Crippen molar-refractivity contribution in [2.75, 3.05) is 7.11 Å². The lowest BCUT2D eigenvalue weighted by molar-refractivity contribution is 0.414. The zero-order valence-corrected chi connectivity index (χ0v) is 13.8. The van der Waals surface area contributed by atoms with Crippen molar-refractivity contribution in [2.24, 2.45) is 0 Å². The molecular formula is C14H12Br2OS. The van der Waals surface area contributed by atoms with Crippen molar-refractivity contribution in [1.29, 1.82) is 0 Å². The van der Waals surface area contributed by atoms with Crippen LogP contribution in [0.25, 0.3) is 0 Å². The molecule has 18 heavy (non-hydrogen) atoms. The van der Waals surface area contributed by atoms with Gasteiger partial charge in [-0.3, -0.25) is 0 Å². The Morgan fingerprint density at radius 2 is 1.78 bits per heavy atom. The summed E-state index contributed by atoms with van der Waals surface area (Å²) < 4.78 is 7.47. The van der Waals surface area contributed by atoms with Gasteiger partial charge in [-0.2, -0.15) is 0 Å². The van der Waals surface area contributed by atoms with Crippen LogP contribution in [0, 0.1) is 0 Å². The lowest BCUT2D eigenvalue weighted by Crippen LogP contribution is -1.87. The van der Waals surface area contributed by atoms with E-state index in [0.29, 0.717) is 0 Å². The smallest absolute Gasteiger partial charge is 0.119 e. The van der Waals surface area contributed by atoms with Crippen molar-refractivity contribution in [3.05, 3.63) is 57.0 Å². The zero-order chi connectivity index (χ0) is 13.0. The van der Waals surface area contributed by atoms with Gasteiger partial charge in [0.1, 0.15) is 5.75 Å². The molecule has 0 aliphatic rings. The highest BCUT2D eigenvalue weighted by Crippen LogP contribution is 2.30. The Bertz CT molecular complexity index is 526. The maximum absolute atomic E-state index is 5.24. The standard InChI is InChI=1S/C14H12Br2OS/c1-17-12-4-7-14(16)10(8-12)9-18-13-5-2-11(15)3-6-13/h2-8H,9H2,1H3. The molecule has 0 heterocycles. The Labute approximate surface area is 128 Å². The van der Waals surface area contributed by atoms with E-state index in [2.05, 4.69) is 62.2 Å². The number of benzene rings is 2. The first-order valence-electron chi connectivity index (χ1n) is 5.40. The second-order valence-electron chi connectivity index (χ2n) is 3.70. The van der Waals surface area contributed by atoms with Crippen molar-refractivity contribution in [3.63, 3.8) is 0 Å². The summed E-state index contributed by atoms with van der Waals surface area (Å²) in [6.07, 6.45) is 0. The largest absolute Gasteiger partial charge is 0.497 e. The number of hydrogen-bond donors (Lipinski definition) is 0. The fourth-order valence-electron chi connectivity index (χ4n) is 1.48. The zero-order valence-electron chi connectivity index (χ0n) is 9.82. The van der Waals surface area contributed by atoms with Gasteiger partial charge in [0.25, 0.3) is 0 Å². The van der Waals surface area contributed by atoms with Crippen molar-refractivity contribution < 1.29 is 4.74 Å². The SMILES string of the molecule is COc1ccc(Br)c(CSc2ccc(Br)cc2)c1. The van der Waals surface area contributed by atoms with Gasteiger partial charge in [0.2, 0.25) is 0 Å². The van der Waals surface area contributed by atoms with Crippen molar-refractivity contribution in [1.82, 2.24) is 0 Å². The molecule has 0 amide bonds. The third-order valence-electron chi connectivity index (χ3n) is 2.46. The van der Waals surface area contributed by atoms with Gasteiger partial charge in [-0.1, -0.05) is 31.9 Å². The maximum atomic E-state index is 5.24. The Morgan fingerprint density at radius 3 is 2.44 bits per heavy atom. The molecule has 0 N–H and O–H groups in total. The summed E-state index contributed by atoms with van der Waals surface area (Å²) in [4.78, 5) is 1.26. The predicted molar refractivity (Wildman–Crippen MR) is 84.4 cm³/mol. The van der Waals surface area contributed by atoms with Gasteiger partial charge in [0.15, 0.2) is 0 Å². The first-order chi connectivity index (χ1) is 8.69. The van der Waals surface area contributed by atoms with Crippen LogP contribution < -0.4 is 4.74 Å². The van der Waals surface area contributed by atoms with Crippen molar-refractivity contribution >= 4 is 43.6 Å². The van der Waals surface area contributed by atoms with Crippen LogP contribution >= 0.6 is 43.6 Å². The third kappa shape index (κ3) is 3.77. The fraction of sp³-hybridized carbons (Fsp3) is 0.143. The molecule has 2 rings (SSSR count). The minimum absolute atomic E-state index is 0.893. The minimum Gasteiger partial charge on any atom is -0.497 e. The monoisotopic (exact) mass is 386 g/mol. The Balaban J connectivity index is 2.07. The molecular weight excluding hydrogens is 376 g/mol. The normalized spacial score (nSPS) is 10.4. The van der Waals surface area contributed by atoms with Crippen LogP contribution in [-0.2, 0) is 5.75 Å². The van der Waals surface area contributed by atoms with Gasteiger partial charge in [-0.05, 0) is 48.0 Å². The molecule has 0 spiro atoms. The fourth-order valence-corrected chi connectivity index (χ4v) is 3.21. The molecule has 0 aliphatic carbocycles. The molecule has 0 fully saturated rings. The quantitative estimate of drug-likeness (QED) is 0.639. The highest BCUT2D eigenvalue weighted by atomic mass is 79.9. The Kier molecular flexibility index (Phi) is 5.15. The van der Waals surface area contributed by atoms with E-state index >= 15 is 0 Å². The van der Waals surface area contributed by atoms with Crippen LogP contribution in [0.2, 0.25) is 0 Å². The topological polar surface area (TPSA) is 9.23 Å². The van der Waals surface area contributed by atoms with Crippen LogP contribution in [0.15, 0.2) is 56.3 Å². The molecule has 94 valence electrons. The van der Waals surface area contributed by atoms with Crippen LogP contribution in [0.4, 0.5) is 0 Å². The molecule has 0 unspecified atom stereocenters. The highest BCUT2D eigenvalue weighted by molar-refractivity contribution is 9.10. The molecule has 0 saturated heterocycles. The molecule has 1 nitrogen and oxygen atoms in total. The summed E-state index contributed by atoms with van der Waals surface area (Å²) in [5.41, 5.74) is 1.24. The summed E-state index contributed by atoms with van der Waals surface area (Å²) in [5, 5.41) is 0. The van der Waals surface area contributed by atoms with Gasteiger partial charge < -0.3 is 4.74 Å². The van der Waals surface area contributed by atoms with Gasteiger partial charge >= 0.3 is 0 Å². The van der Waals surface area contributed by atoms with E-state index in [1.54, 1.807) is 7.11 Å². The molecule has 2 aromatic carbocycles. The molecule has 2 aromatic rings. The summed E-state index contributed by atoms with van der Waals surface area (Å²) in [5.74, 6) is 1.81. The lowest BCUT2D eigenvalue weighted by atomic mass is 10.2. The molecule has 0 saturated carbocycles. The van der Waals surface area contributed by atoms with E-state index in [0.717, 1.165) is 20.4 Å². The molecule has 0 aliphatic heterocycles. The summed E-state index contributed by atoms with van der Waals surface area (Å²) in [6, 6.07) is 14.4. The molecule has 0 aromatic heterocycles. The van der Waals surface area contributed by atoms with E-state index in [1.165, 1.54) is 10.5 Å².